The Hall–Kier alpha value is -2.76. The highest BCUT2D eigenvalue weighted by Crippen LogP contribution is 2.17. The number of hydrogen-bond acceptors (Lipinski definition) is 4. The molecule has 0 unspecified atom stereocenters. The zero-order valence-corrected chi connectivity index (χ0v) is 15.8. The Kier molecular flexibility index (Phi) is 6.52. The van der Waals surface area contributed by atoms with Gasteiger partial charge in [0.05, 0.1) is 6.20 Å². The molecule has 0 saturated carbocycles. The number of likely N-dealkylation sites (tertiary alicyclic amines) is 1. The number of carbonyl (C=O) groups is 2. The van der Waals surface area contributed by atoms with Crippen LogP contribution >= 0.6 is 0 Å². The van der Waals surface area contributed by atoms with Crippen LogP contribution in [0.5, 0.6) is 0 Å². The molecule has 2 amide bonds. The minimum atomic E-state index is -0.202. The normalized spacial score (nSPS) is 14.8. The van der Waals surface area contributed by atoms with Crippen molar-refractivity contribution in [3.8, 4) is 0 Å². The number of carbonyl (C=O) groups excluding carboxylic acids is 2. The molecule has 142 valence electrons. The number of rotatable bonds is 6. The fraction of sp³-hybridized carbons (Fsp3) is 0.429. The van der Waals surface area contributed by atoms with Gasteiger partial charge in [0, 0.05) is 45.0 Å². The highest BCUT2D eigenvalue weighted by molar-refractivity contribution is 5.92. The first-order valence-electron chi connectivity index (χ1n) is 9.50. The predicted octanol–water partition coefficient (Wildman–Crippen LogP) is 2.77. The molecular weight excluding hydrogens is 340 g/mol. The molecular formula is C21H26N4O2. The maximum atomic E-state index is 12.9. The van der Waals surface area contributed by atoms with Gasteiger partial charge in [0.1, 0.15) is 5.69 Å². The number of aromatic nitrogens is 2. The molecule has 1 saturated heterocycles. The van der Waals surface area contributed by atoms with E-state index >= 15 is 0 Å². The van der Waals surface area contributed by atoms with Crippen molar-refractivity contribution in [2.24, 2.45) is 5.92 Å². The van der Waals surface area contributed by atoms with Crippen molar-refractivity contribution in [2.45, 2.75) is 32.7 Å². The third-order valence-corrected chi connectivity index (χ3v) is 5.02. The first kappa shape index (κ1) is 19.0. The van der Waals surface area contributed by atoms with Crippen LogP contribution in [0.1, 0.15) is 42.2 Å². The van der Waals surface area contributed by atoms with E-state index < -0.39 is 0 Å². The lowest BCUT2D eigenvalue weighted by molar-refractivity contribution is -0.132. The van der Waals surface area contributed by atoms with Crippen LogP contribution in [0.3, 0.4) is 0 Å². The standard InChI is InChI=1S/C21H26N4O2/c1-17-7-12-24(13-8-17)20(26)9-14-25(16-18-5-3-2-4-6-18)21(27)19-15-22-10-11-23-19/h2-6,10-11,15,17H,7-9,12-14,16H2,1H3. The molecule has 6 nitrogen and oxygen atoms in total. The summed E-state index contributed by atoms with van der Waals surface area (Å²) in [6, 6.07) is 9.79. The smallest absolute Gasteiger partial charge is 0.274 e. The van der Waals surface area contributed by atoms with E-state index in [9.17, 15) is 9.59 Å². The monoisotopic (exact) mass is 366 g/mol. The Morgan fingerprint density at radius 2 is 1.89 bits per heavy atom. The fourth-order valence-electron chi connectivity index (χ4n) is 3.27. The number of amides is 2. The molecule has 3 rings (SSSR count). The van der Waals surface area contributed by atoms with Crippen LogP contribution in [-0.4, -0.2) is 51.2 Å². The molecule has 2 aromatic rings. The Morgan fingerprint density at radius 3 is 2.56 bits per heavy atom. The summed E-state index contributed by atoms with van der Waals surface area (Å²) in [6.45, 7) is 4.67. The van der Waals surface area contributed by atoms with Crippen LogP contribution in [0.4, 0.5) is 0 Å². The summed E-state index contributed by atoms with van der Waals surface area (Å²) in [5, 5.41) is 0. The largest absolute Gasteiger partial charge is 0.343 e. The van der Waals surface area contributed by atoms with Crippen molar-refractivity contribution in [1.82, 2.24) is 19.8 Å². The molecule has 0 atom stereocenters. The van der Waals surface area contributed by atoms with Gasteiger partial charge >= 0.3 is 0 Å². The number of hydrogen-bond donors (Lipinski definition) is 0. The third kappa shape index (κ3) is 5.36. The highest BCUT2D eigenvalue weighted by Gasteiger charge is 2.23. The molecule has 2 heterocycles. The van der Waals surface area contributed by atoms with Crippen molar-refractivity contribution >= 4 is 11.8 Å². The van der Waals surface area contributed by atoms with Gasteiger partial charge in [-0.1, -0.05) is 37.3 Å². The van der Waals surface area contributed by atoms with Gasteiger partial charge in [-0.2, -0.15) is 0 Å². The second kappa shape index (κ2) is 9.26. The van der Waals surface area contributed by atoms with Gasteiger partial charge in [-0.25, -0.2) is 4.98 Å². The summed E-state index contributed by atoms with van der Waals surface area (Å²) in [6.07, 6.45) is 6.95. The highest BCUT2D eigenvalue weighted by atomic mass is 16.2. The molecule has 1 aromatic heterocycles. The van der Waals surface area contributed by atoms with Crippen molar-refractivity contribution in [1.29, 1.82) is 0 Å². The maximum Gasteiger partial charge on any atom is 0.274 e. The molecule has 1 aliphatic rings. The molecule has 27 heavy (non-hydrogen) atoms. The SMILES string of the molecule is CC1CCN(C(=O)CCN(Cc2ccccc2)C(=O)c2cnccn2)CC1. The second-order valence-corrected chi connectivity index (χ2v) is 7.12. The summed E-state index contributed by atoms with van der Waals surface area (Å²) in [4.78, 5) is 37.2. The molecule has 1 aliphatic heterocycles. The van der Waals surface area contributed by atoms with Gasteiger partial charge in [0.15, 0.2) is 0 Å². The van der Waals surface area contributed by atoms with E-state index in [1.54, 1.807) is 11.1 Å². The lowest BCUT2D eigenvalue weighted by Crippen LogP contribution is -2.40. The van der Waals surface area contributed by atoms with Crippen LogP contribution in [-0.2, 0) is 11.3 Å². The first-order valence-corrected chi connectivity index (χ1v) is 9.50. The molecule has 0 N–H and O–H groups in total. The minimum absolute atomic E-state index is 0.118. The Balaban J connectivity index is 1.66. The van der Waals surface area contributed by atoms with Gasteiger partial charge in [-0.05, 0) is 24.3 Å². The molecule has 1 fully saturated rings. The fourth-order valence-corrected chi connectivity index (χ4v) is 3.27. The minimum Gasteiger partial charge on any atom is -0.343 e. The van der Waals surface area contributed by atoms with E-state index in [2.05, 4.69) is 16.9 Å². The van der Waals surface area contributed by atoms with Crippen LogP contribution in [0.2, 0.25) is 0 Å². The van der Waals surface area contributed by atoms with E-state index in [1.165, 1.54) is 12.4 Å². The molecule has 0 radical (unpaired) electrons. The Labute approximate surface area is 160 Å². The zero-order valence-electron chi connectivity index (χ0n) is 15.8. The lowest BCUT2D eigenvalue weighted by Gasteiger charge is -2.31. The van der Waals surface area contributed by atoms with Gasteiger partial charge in [-0.3, -0.25) is 14.6 Å². The van der Waals surface area contributed by atoms with Gasteiger partial charge in [-0.15, -0.1) is 0 Å². The Bertz CT molecular complexity index is 743. The third-order valence-electron chi connectivity index (χ3n) is 5.02. The lowest BCUT2D eigenvalue weighted by atomic mass is 9.99. The van der Waals surface area contributed by atoms with E-state index in [4.69, 9.17) is 0 Å². The van der Waals surface area contributed by atoms with E-state index in [1.807, 2.05) is 35.2 Å². The molecule has 0 spiro atoms. The average molecular weight is 366 g/mol. The van der Waals surface area contributed by atoms with Crippen molar-refractivity contribution in [2.75, 3.05) is 19.6 Å². The van der Waals surface area contributed by atoms with E-state index in [0.29, 0.717) is 31.1 Å². The van der Waals surface area contributed by atoms with E-state index in [-0.39, 0.29) is 11.8 Å². The molecule has 0 bridgehead atoms. The summed E-state index contributed by atoms with van der Waals surface area (Å²) >= 11 is 0. The van der Waals surface area contributed by atoms with Crippen LogP contribution in [0, 0.1) is 5.92 Å². The maximum absolute atomic E-state index is 12.9. The molecule has 6 heteroatoms. The molecule has 0 aliphatic carbocycles. The van der Waals surface area contributed by atoms with Gasteiger partial charge in [0.25, 0.3) is 5.91 Å². The quantitative estimate of drug-likeness (QED) is 0.788. The van der Waals surface area contributed by atoms with Crippen molar-refractivity contribution in [3.63, 3.8) is 0 Å². The summed E-state index contributed by atoms with van der Waals surface area (Å²) in [5.74, 6) is 0.598. The summed E-state index contributed by atoms with van der Waals surface area (Å²) < 4.78 is 0. The van der Waals surface area contributed by atoms with Crippen molar-refractivity contribution < 1.29 is 9.59 Å². The number of nitrogens with zero attached hydrogens (tertiary/aromatic N) is 4. The van der Waals surface area contributed by atoms with Crippen LogP contribution < -0.4 is 0 Å². The number of benzene rings is 1. The Morgan fingerprint density at radius 1 is 1.15 bits per heavy atom. The van der Waals surface area contributed by atoms with Crippen molar-refractivity contribution in [3.05, 3.63) is 60.2 Å². The zero-order chi connectivity index (χ0) is 19.1. The van der Waals surface area contributed by atoms with Gasteiger partial charge in [0.2, 0.25) is 5.91 Å². The second-order valence-electron chi connectivity index (χ2n) is 7.12. The first-order chi connectivity index (χ1) is 13.1. The van der Waals surface area contributed by atoms with Gasteiger partial charge < -0.3 is 9.80 Å². The summed E-state index contributed by atoms with van der Waals surface area (Å²) in [5.41, 5.74) is 1.32. The topological polar surface area (TPSA) is 66.4 Å². The van der Waals surface area contributed by atoms with Crippen LogP contribution in [0.25, 0.3) is 0 Å². The average Bonchev–Trinajstić information content (AvgIpc) is 2.72. The van der Waals surface area contributed by atoms with Crippen LogP contribution in [0.15, 0.2) is 48.9 Å². The summed E-state index contributed by atoms with van der Waals surface area (Å²) in [7, 11) is 0. The molecule has 1 aromatic carbocycles. The number of piperidine rings is 1. The predicted molar refractivity (Wildman–Crippen MR) is 103 cm³/mol. The van der Waals surface area contributed by atoms with E-state index in [0.717, 1.165) is 31.5 Å².